The smallest absolute Gasteiger partial charge is 0.169 e. The summed E-state index contributed by atoms with van der Waals surface area (Å²) < 4.78 is 0. The maximum Gasteiger partial charge on any atom is 0.169 e. The molecule has 1 atom stereocenters. The van der Waals surface area contributed by atoms with Gasteiger partial charge in [-0.3, -0.25) is 24.4 Å². The number of carbonyl (C=O) groups is 2. The van der Waals surface area contributed by atoms with Crippen molar-refractivity contribution in [1.29, 1.82) is 0 Å². The number of Topliss-reactive ketones (excluding diaryl/α,β-unsaturated/α-hetero) is 2. The van der Waals surface area contributed by atoms with Crippen LogP contribution in [0.5, 0.6) is 0 Å². The highest BCUT2D eigenvalue weighted by atomic mass is 16.1. The van der Waals surface area contributed by atoms with Crippen LogP contribution in [-0.2, 0) is 4.79 Å². The van der Waals surface area contributed by atoms with Crippen LogP contribution in [0, 0.1) is 10.8 Å². The molecule has 6 nitrogen and oxygen atoms in total. The third-order valence-corrected chi connectivity index (χ3v) is 7.62. The van der Waals surface area contributed by atoms with Gasteiger partial charge in [-0.1, -0.05) is 41.5 Å². The SMILES string of the molecule is CCC(C)(C)C(=O)CN1CCN(CCN2CCC(c3ccc(C(=O)C(C)(C)C)cn3)C2)CC1. The van der Waals surface area contributed by atoms with E-state index < -0.39 is 0 Å². The van der Waals surface area contributed by atoms with Crippen LogP contribution in [0.2, 0.25) is 0 Å². The molecule has 0 aromatic carbocycles. The summed E-state index contributed by atoms with van der Waals surface area (Å²) >= 11 is 0. The molecule has 0 amide bonds. The van der Waals surface area contributed by atoms with Crippen molar-refractivity contribution in [2.24, 2.45) is 10.8 Å². The van der Waals surface area contributed by atoms with E-state index in [-0.39, 0.29) is 16.6 Å². The molecule has 3 heterocycles. The number of hydrogen-bond acceptors (Lipinski definition) is 6. The van der Waals surface area contributed by atoms with E-state index in [1.807, 2.05) is 32.9 Å². The van der Waals surface area contributed by atoms with Crippen LogP contribution < -0.4 is 0 Å². The van der Waals surface area contributed by atoms with E-state index in [9.17, 15) is 9.59 Å². The monoisotopic (exact) mass is 456 g/mol. The molecule has 1 aromatic heterocycles. The summed E-state index contributed by atoms with van der Waals surface area (Å²) in [5, 5.41) is 0. The lowest BCUT2D eigenvalue weighted by molar-refractivity contribution is -0.128. The van der Waals surface area contributed by atoms with Gasteiger partial charge < -0.3 is 4.90 Å². The van der Waals surface area contributed by atoms with Crippen molar-refractivity contribution in [1.82, 2.24) is 19.7 Å². The van der Waals surface area contributed by atoms with E-state index in [1.54, 1.807) is 6.20 Å². The predicted octanol–water partition coefficient (Wildman–Crippen LogP) is 3.72. The highest BCUT2D eigenvalue weighted by Gasteiger charge is 2.29. The summed E-state index contributed by atoms with van der Waals surface area (Å²) in [6, 6.07) is 4.00. The van der Waals surface area contributed by atoms with Crippen LogP contribution in [0.15, 0.2) is 18.3 Å². The number of hydrogen-bond donors (Lipinski definition) is 0. The van der Waals surface area contributed by atoms with Crippen molar-refractivity contribution in [3.05, 3.63) is 29.6 Å². The molecule has 33 heavy (non-hydrogen) atoms. The lowest BCUT2D eigenvalue weighted by atomic mass is 9.85. The van der Waals surface area contributed by atoms with Crippen LogP contribution in [0.25, 0.3) is 0 Å². The Morgan fingerprint density at radius 3 is 2.15 bits per heavy atom. The van der Waals surface area contributed by atoms with E-state index in [2.05, 4.69) is 40.5 Å². The summed E-state index contributed by atoms with van der Waals surface area (Å²) in [5.41, 5.74) is 1.23. The fourth-order valence-electron chi connectivity index (χ4n) is 4.56. The van der Waals surface area contributed by atoms with Gasteiger partial charge in [0.2, 0.25) is 0 Å². The first kappa shape index (κ1) is 26.0. The zero-order chi connectivity index (χ0) is 24.2. The van der Waals surface area contributed by atoms with Crippen LogP contribution in [0.3, 0.4) is 0 Å². The molecule has 0 spiro atoms. The molecule has 1 aromatic rings. The van der Waals surface area contributed by atoms with E-state index >= 15 is 0 Å². The zero-order valence-electron chi connectivity index (χ0n) is 21.7. The highest BCUT2D eigenvalue weighted by molar-refractivity contribution is 5.99. The lowest BCUT2D eigenvalue weighted by Gasteiger charge is -2.36. The molecule has 184 valence electrons. The number of likely N-dealkylation sites (tertiary alicyclic amines) is 1. The third kappa shape index (κ3) is 6.93. The van der Waals surface area contributed by atoms with Crippen molar-refractivity contribution < 1.29 is 9.59 Å². The number of aromatic nitrogens is 1. The summed E-state index contributed by atoms with van der Waals surface area (Å²) in [4.78, 5) is 37.0. The Bertz CT molecular complexity index is 804. The molecule has 2 fully saturated rings. The van der Waals surface area contributed by atoms with Gasteiger partial charge in [-0.05, 0) is 31.5 Å². The molecule has 2 aliphatic heterocycles. The minimum atomic E-state index is -0.375. The molecule has 6 heteroatoms. The Hall–Kier alpha value is -1.63. The molecule has 3 rings (SSSR count). The van der Waals surface area contributed by atoms with Crippen molar-refractivity contribution in [3.63, 3.8) is 0 Å². The fraction of sp³-hybridized carbons (Fsp3) is 0.741. The van der Waals surface area contributed by atoms with E-state index in [1.165, 1.54) is 0 Å². The number of pyridine rings is 1. The highest BCUT2D eigenvalue weighted by Crippen LogP contribution is 2.27. The molecule has 0 saturated carbocycles. The predicted molar refractivity (Wildman–Crippen MR) is 134 cm³/mol. The van der Waals surface area contributed by atoms with Gasteiger partial charge in [-0.2, -0.15) is 0 Å². The molecular weight excluding hydrogens is 412 g/mol. The number of ketones is 2. The quantitative estimate of drug-likeness (QED) is 0.528. The summed E-state index contributed by atoms with van der Waals surface area (Å²) in [6.45, 7) is 21.0. The first-order chi connectivity index (χ1) is 15.5. The first-order valence-electron chi connectivity index (χ1n) is 12.7. The molecule has 2 saturated heterocycles. The normalized spacial score (nSPS) is 21.5. The minimum absolute atomic E-state index is 0.146. The molecule has 2 aliphatic rings. The molecule has 0 radical (unpaired) electrons. The largest absolute Gasteiger partial charge is 0.301 e. The number of nitrogens with zero attached hydrogens (tertiary/aromatic N) is 4. The fourth-order valence-corrected chi connectivity index (χ4v) is 4.56. The Labute approximate surface area is 200 Å². The second-order valence-electron chi connectivity index (χ2n) is 11.6. The van der Waals surface area contributed by atoms with E-state index in [0.717, 1.165) is 70.9 Å². The average Bonchev–Trinajstić information content (AvgIpc) is 3.26. The van der Waals surface area contributed by atoms with Crippen molar-refractivity contribution in [2.75, 3.05) is 58.9 Å². The second kappa shape index (κ2) is 10.7. The topological polar surface area (TPSA) is 56.8 Å². The van der Waals surface area contributed by atoms with E-state index in [4.69, 9.17) is 0 Å². The zero-order valence-corrected chi connectivity index (χ0v) is 21.7. The average molecular weight is 457 g/mol. The van der Waals surface area contributed by atoms with Gasteiger partial charge in [-0.15, -0.1) is 0 Å². The molecular formula is C27H44N4O2. The molecule has 0 N–H and O–H groups in total. The van der Waals surface area contributed by atoms with Crippen LogP contribution in [0.1, 0.15) is 76.4 Å². The maximum absolute atomic E-state index is 12.5. The Morgan fingerprint density at radius 2 is 1.58 bits per heavy atom. The Kier molecular flexibility index (Phi) is 8.46. The molecule has 0 bridgehead atoms. The standard InChI is InChI=1S/C27H44N4O2/c1-7-27(5,6)24(32)20-31-16-13-29(14-17-31)12-15-30-11-10-22(19-30)23-9-8-21(18-28-23)25(33)26(2,3)4/h8-9,18,22H,7,10-17,19-20H2,1-6H3. The van der Waals surface area contributed by atoms with Crippen LogP contribution in [0.4, 0.5) is 0 Å². The summed E-state index contributed by atoms with van der Waals surface area (Å²) in [7, 11) is 0. The lowest BCUT2D eigenvalue weighted by Crippen LogP contribution is -2.50. The third-order valence-electron chi connectivity index (χ3n) is 7.62. The van der Waals surface area contributed by atoms with E-state index in [0.29, 0.717) is 23.8 Å². The number of carbonyl (C=O) groups excluding carboxylic acids is 2. The minimum Gasteiger partial charge on any atom is -0.301 e. The Morgan fingerprint density at radius 1 is 0.939 bits per heavy atom. The van der Waals surface area contributed by atoms with Gasteiger partial charge in [0.15, 0.2) is 11.6 Å². The number of piperazine rings is 1. The second-order valence-corrected chi connectivity index (χ2v) is 11.6. The Balaban J connectivity index is 1.39. The summed E-state index contributed by atoms with van der Waals surface area (Å²) in [5.74, 6) is 0.965. The van der Waals surface area contributed by atoms with Crippen molar-refractivity contribution >= 4 is 11.6 Å². The van der Waals surface area contributed by atoms with Gasteiger partial charge in [-0.25, -0.2) is 0 Å². The molecule has 1 unspecified atom stereocenters. The number of rotatable bonds is 9. The van der Waals surface area contributed by atoms with Gasteiger partial charge in [0.25, 0.3) is 0 Å². The first-order valence-corrected chi connectivity index (χ1v) is 12.7. The molecule has 0 aliphatic carbocycles. The maximum atomic E-state index is 12.5. The van der Waals surface area contributed by atoms with Gasteiger partial charge in [0, 0.05) is 80.0 Å². The van der Waals surface area contributed by atoms with Gasteiger partial charge in [0.1, 0.15) is 0 Å². The summed E-state index contributed by atoms with van der Waals surface area (Å²) in [6.07, 6.45) is 3.79. The van der Waals surface area contributed by atoms with Crippen molar-refractivity contribution in [2.45, 2.75) is 60.3 Å². The van der Waals surface area contributed by atoms with Gasteiger partial charge in [0.05, 0.1) is 6.54 Å². The van der Waals surface area contributed by atoms with Gasteiger partial charge >= 0.3 is 0 Å². The van der Waals surface area contributed by atoms with Crippen LogP contribution >= 0.6 is 0 Å². The van der Waals surface area contributed by atoms with Crippen LogP contribution in [-0.4, -0.2) is 90.2 Å². The van der Waals surface area contributed by atoms with Crippen molar-refractivity contribution in [3.8, 4) is 0 Å².